The molecule has 0 aromatic heterocycles. The Morgan fingerprint density at radius 3 is 2.06 bits per heavy atom. The largest absolute Gasteiger partial charge is 0.488 e. The molecule has 1 unspecified atom stereocenters. The smallest absolute Gasteiger partial charge is 0.175 e. The average Bonchev–Trinajstić information content (AvgIpc) is 3.08. The molecule has 1 aliphatic heterocycles. The minimum Gasteiger partial charge on any atom is -0.488 e. The van der Waals surface area contributed by atoms with Gasteiger partial charge in [-0.3, -0.25) is 0 Å². The summed E-state index contributed by atoms with van der Waals surface area (Å²) in [6, 6.07) is 15.8. The second-order valence-electron chi connectivity index (χ2n) is 10.6. The first-order valence-electron chi connectivity index (χ1n) is 12.2. The van der Waals surface area contributed by atoms with E-state index >= 15 is 0 Å². The van der Waals surface area contributed by atoms with Gasteiger partial charge in [-0.15, -0.1) is 0 Å². The first-order valence-corrected chi connectivity index (χ1v) is 14.0. The van der Waals surface area contributed by atoms with Crippen molar-refractivity contribution in [3.8, 4) is 11.5 Å². The van der Waals surface area contributed by atoms with Gasteiger partial charge in [0, 0.05) is 11.8 Å². The molecule has 0 amide bonds. The summed E-state index contributed by atoms with van der Waals surface area (Å²) in [6.07, 6.45) is 1.22. The third-order valence-electron chi connectivity index (χ3n) is 7.25. The molecule has 0 aliphatic carbocycles. The van der Waals surface area contributed by atoms with E-state index in [1.54, 1.807) is 12.1 Å². The third-order valence-corrected chi connectivity index (χ3v) is 8.38. The number of rotatable bonds is 6. The predicted octanol–water partition coefficient (Wildman–Crippen LogP) is 7.02. The normalized spacial score (nSPS) is 16.8. The lowest BCUT2D eigenvalue weighted by molar-refractivity contribution is 0.121. The van der Waals surface area contributed by atoms with Crippen LogP contribution in [-0.4, -0.2) is 20.3 Å². The van der Waals surface area contributed by atoms with Crippen LogP contribution in [0.1, 0.15) is 78.5 Å². The van der Waals surface area contributed by atoms with Crippen LogP contribution in [0.5, 0.6) is 11.5 Å². The van der Waals surface area contributed by atoms with E-state index in [1.807, 2.05) is 12.1 Å². The van der Waals surface area contributed by atoms with Gasteiger partial charge in [0.15, 0.2) is 9.84 Å². The predicted molar refractivity (Wildman–Crippen MR) is 142 cm³/mol. The van der Waals surface area contributed by atoms with E-state index in [0.717, 1.165) is 33.8 Å². The molecule has 1 atom stereocenters. The maximum atomic E-state index is 11.8. The summed E-state index contributed by atoms with van der Waals surface area (Å²) >= 11 is 0. The summed E-state index contributed by atoms with van der Waals surface area (Å²) in [4.78, 5) is 0.313. The van der Waals surface area contributed by atoms with Gasteiger partial charge in [0.25, 0.3) is 0 Å². The van der Waals surface area contributed by atoms with Crippen molar-refractivity contribution in [1.82, 2.24) is 0 Å². The first-order chi connectivity index (χ1) is 16.3. The second-order valence-corrected chi connectivity index (χ2v) is 12.6. The summed E-state index contributed by atoms with van der Waals surface area (Å²) < 4.78 is 36.5. The lowest BCUT2D eigenvalue weighted by atomic mass is 9.78. The van der Waals surface area contributed by atoms with Crippen LogP contribution >= 0.6 is 0 Å². The molecule has 0 saturated carbocycles. The van der Waals surface area contributed by atoms with Crippen LogP contribution in [0.2, 0.25) is 0 Å². The van der Waals surface area contributed by atoms with Crippen molar-refractivity contribution < 1.29 is 17.9 Å². The topological polar surface area (TPSA) is 52.6 Å². The first kappa shape index (κ1) is 25.3. The Bertz CT molecular complexity index is 1350. The Balaban J connectivity index is 1.72. The van der Waals surface area contributed by atoms with Crippen molar-refractivity contribution in [2.75, 3.05) is 6.26 Å². The molecule has 0 fully saturated rings. The van der Waals surface area contributed by atoms with Gasteiger partial charge in [-0.2, -0.15) is 0 Å². The lowest BCUT2D eigenvalue weighted by Crippen LogP contribution is -2.31. The van der Waals surface area contributed by atoms with Crippen LogP contribution in [0.3, 0.4) is 0 Å². The molecule has 0 bridgehead atoms. The maximum absolute atomic E-state index is 11.8. The van der Waals surface area contributed by atoms with Crippen LogP contribution in [0.4, 0.5) is 0 Å². The zero-order valence-electron chi connectivity index (χ0n) is 22.0. The van der Waals surface area contributed by atoms with Gasteiger partial charge < -0.3 is 9.47 Å². The van der Waals surface area contributed by atoms with Gasteiger partial charge in [0.2, 0.25) is 0 Å². The molecule has 0 N–H and O–H groups in total. The molecule has 3 aromatic rings. The quantitative estimate of drug-likeness (QED) is 0.371. The van der Waals surface area contributed by atoms with Gasteiger partial charge in [0.1, 0.15) is 23.7 Å². The lowest BCUT2D eigenvalue weighted by Gasteiger charge is -2.27. The highest BCUT2D eigenvalue weighted by Gasteiger charge is 2.45. The molecule has 0 radical (unpaired) electrons. The van der Waals surface area contributed by atoms with Crippen LogP contribution < -0.4 is 9.47 Å². The van der Waals surface area contributed by atoms with Gasteiger partial charge in [-0.1, -0.05) is 50.2 Å². The Labute approximate surface area is 210 Å². The molecule has 186 valence electrons. The van der Waals surface area contributed by atoms with Crippen molar-refractivity contribution in [2.45, 2.75) is 77.4 Å². The van der Waals surface area contributed by atoms with Gasteiger partial charge in [-0.05, 0) is 86.1 Å². The molecule has 4 nitrogen and oxygen atoms in total. The molecule has 4 rings (SSSR count). The van der Waals surface area contributed by atoms with E-state index in [1.165, 1.54) is 22.9 Å². The fourth-order valence-corrected chi connectivity index (χ4v) is 5.74. The van der Waals surface area contributed by atoms with Gasteiger partial charge in [0.05, 0.1) is 10.8 Å². The third kappa shape index (κ3) is 4.71. The molecular formula is C30H36O4S. The monoisotopic (exact) mass is 492 g/mol. The van der Waals surface area contributed by atoms with E-state index < -0.39 is 9.84 Å². The van der Waals surface area contributed by atoms with E-state index in [9.17, 15) is 8.42 Å². The molecule has 0 saturated heterocycles. The maximum Gasteiger partial charge on any atom is 0.175 e. The summed E-state index contributed by atoms with van der Waals surface area (Å²) in [5, 5.41) is 0. The minimum atomic E-state index is -3.22. The molecule has 1 aliphatic rings. The van der Waals surface area contributed by atoms with Crippen LogP contribution in [-0.2, 0) is 16.4 Å². The fourth-order valence-electron chi connectivity index (χ4n) is 5.11. The Morgan fingerprint density at radius 1 is 0.914 bits per heavy atom. The molecule has 0 spiro atoms. The number of fused-ring (bicyclic) bond motifs is 1. The second kappa shape index (κ2) is 9.02. The number of sulfone groups is 1. The zero-order valence-corrected chi connectivity index (χ0v) is 22.8. The minimum absolute atomic E-state index is 0.0920. The Hall–Kier alpha value is -2.79. The van der Waals surface area contributed by atoms with E-state index in [0.29, 0.717) is 17.4 Å². The average molecular weight is 493 g/mol. The van der Waals surface area contributed by atoms with E-state index in [2.05, 4.69) is 72.7 Å². The molecule has 5 heteroatoms. The van der Waals surface area contributed by atoms with Crippen LogP contribution in [0.15, 0.2) is 53.4 Å². The Morgan fingerprint density at radius 2 is 1.51 bits per heavy atom. The Kier molecular flexibility index (Phi) is 6.52. The molecule has 1 heterocycles. The van der Waals surface area contributed by atoms with Gasteiger partial charge >= 0.3 is 0 Å². The van der Waals surface area contributed by atoms with Gasteiger partial charge in [-0.25, -0.2) is 8.42 Å². The molecular weight excluding hydrogens is 456 g/mol. The highest BCUT2D eigenvalue weighted by Crippen LogP contribution is 2.54. The summed E-state index contributed by atoms with van der Waals surface area (Å²) in [5.41, 5.74) is 7.57. The summed E-state index contributed by atoms with van der Waals surface area (Å²) in [5.74, 6) is 2.42. The standard InChI is InChI=1S/C30H36O4S/c1-18(2)23-11-13-24(14-12-23)27-26-21(5)28(19(3)20(4)29(26)34-30(27,6)7)33-17-22-9-15-25(16-10-22)35(8,31)32/h9-16,18,27H,17H2,1-8H3. The van der Waals surface area contributed by atoms with Crippen LogP contribution in [0.25, 0.3) is 0 Å². The number of hydrogen-bond acceptors (Lipinski definition) is 4. The molecule has 35 heavy (non-hydrogen) atoms. The van der Waals surface area contributed by atoms with Crippen LogP contribution in [0, 0.1) is 20.8 Å². The van der Waals surface area contributed by atoms with Crippen molar-refractivity contribution in [3.05, 3.63) is 87.5 Å². The zero-order chi connectivity index (χ0) is 25.7. The fraction of sp³-hybridized carbons (Fsp3) is 0.400. The SMILES string of the molecule is Cc1c(C)c2c(c(C)c1OCc1ccc(S(C)(=O)=O)cc1)C(c1ccc(C(C)C)cc1)C(C)(C)O2. The number of hydrogen-bond donors (Lipinski definition) is 0. The van der Waals surface area contributed by atoms with E-state index in [4.69, 9.17) is 9.47 Å². The highest BCUT2D eigenvalue weighted by atomic mass is 32.2. The van der Waals surface area contributed by atoms with E-state index in [-0.39, 0.29) is 11.5 Å². The number of benzene rings is 3. The summed E-state index contributed by atoms with van der Waals surface area (Å²) in [6.45, 7) is 15.4. The van der Waals surface area contributed by atoms with Crippen molar-refractivity contribution in [2.24, 2.45) is 0 Å². The van der Waals surface area contributed by atoms with Crippen molar-refractivity contribution in [3.63, 3.8) is 0 Å². The molecule has 3 aromatic carbocycles. The summed E-state index contributed by atoms with van der Waals surface area (Å²) in [7, 11) is -3.22. The van der Waals surface area contributed by atoms with Crippen molar-refractivity contribution in [1.29, 1.82) is 0 Å². The van der Waals surface area contributed by atoms with Crippen molar-refractivity contribution >= 4 is 9.84 Å². The number of ether oxygens (including phenoxy) is 2. The highest BCUT2D eigenvalue weighted by molar-refractivity contribution is 7.90.